The number of benzene rings is 1. The van der Waals surface area contributed by atoms with Crippen molar-refractivity contribution in [1.29, 1.82) is 0 Å². The van der Waals surface area contributed by atoms with Crippen molar-refractivity contribution in [1.82, 2.24) is 4.90 Å². The first kappa shape index (κ1) is 23.2. The molecule has 0 bridgehead atoms. The summed E-state index contributed by atoms with van der Waals surface area (Å²) in [5.41, 5.74) is 0.213. The minimum absolute atomic E-state index is 0.0817. The van der Waals surface area contributed by atoms with Crippen molar-refractivity contribution < 1.29 is 28.2 Å². The van der Waals surface area contributed by atoms with Gasteiger partial charge in [0, 0.05) is 19.1 Å². The number of rotatable bonds is 3. The molecule has 2 aliphatic heterocycles. The SMILES string of the molecule is COC(=O)c1cc(F)c2c(c1)N([C@@H](C)C1CCN(C(=O)OC(C)(C)C)CC1)C[C@@H](C)O2. The standard InChI is InChI=1S/C23H33FN2O5/c1-14-13-26(19-12-17(21(27)29-6)11-18(24)20(19)30-14)15(2)16-7-9-25(10-8-16)22(28)31-23(3,4)5/h11-12,14-16H,7-10,13H2,1-6H3/t14-,15+/m1/s1. The summed E-state index contributed by atoms with van der Waals surface area (Å²) in [7, 11) is 1.27. The van der Waals surface area contributed by atoms with Crippen LogP contribution in [0.15, 0.2) is 12.1 Å². The molecule has 1 aromatic carbocycles. The zero-order valence-electron chi connectivity index (χ0n) is 19.2. The highest BCUT2D eigenvalue weighted by Crippen LogP contribution is 2.40. The van der Waals surface area contributed by atoms with Crippen molar-refractivity contribution in [2.45, 2.75) is 65.2 Å². The molecule has 0 radical (unpaired) electrons. The fourth-order valence-corrected chi connectivity index (χ4v) is 4.29. The minimum atomic E-state index is -0.585. The summed E-state index contributed by atoms with van der Waals surface area (Å²) in [6.45, 7) is 11.4. The molecule has 7 nitrogen and oxygen atoms in total. The van der Waals surface area contributed by atoms with Gasteiger partial charge in [-0.15, -0.1) is 0 Å². The summed E-state index contributed by atoms with van der Waals surface area (Å²) < 4.78 is 30.7. The van der Waals surface area contributed by atoms with Gasteiger partial charge in [-0.2, -0.15) is 0 Å². The highest BCUT2D eigenvalue weighted by atomic mass is 19.1. The predicted molar refractivity (Wildman–Crippen MR) is 115 cm³/mol. The Hall–Kier alpha value is -2.51. The van der Waals surface area contributed by atoms with Crippen LogP contribution >= 0.6 is 0 Å². The van der Waals surface area contributed by atoms with Gasteiger partial charge in [-0.05, 0) is 65.5 Å². The highest BCUT2D eigenvalue weighted by molar-refractivity contribution is 5.91. The van der Waals surface area contributed by atoms with Gasteiger partial charge in [0.05, 0.1) is 24.9 Å². The van der Waals surface area contributed by atoms with Gasteiger partial charge in [0.2, 0.25) is 0 Å². The van der Waals surface area contributed by atoms with Gasteiger partial charge >= 0.3 is 12.1 Å². The monoisotopic (exact) mass is 436 g/mol. The van der Waals surface area contributed by atoms with E-state index < -0.39 is 17.4 Å². The third kappa shape index (κ3) is 5.22. The Balaban J connectivity index is 1.76. The number of hydrogen-bond acceptors (Lipinski definition) is 6. The Morgan fingerprint density at radius 1 is 1.23 bits per heavy atom. The highest BCUT2D eigenvalue weighted by Gasteiger charge is 2.36. The lowest BCUT2D eigenvalue weighted by Gasteiger charge is -2.44. The molecule has 2 heterocycles. The largest absolute Gasteiger partial charge is 0.484 e. The van der Waals surface area contributed by atoms with Crippen LogP contribution in [-0.2, 0) is 9.47 Å². The van der Waals surface area contributed by atoms with Crippen LogP contribution in [0.25, 0.3) is 0 Å². The lowest BCUT2D eigenvalue weighted by Crippen LogP contribution is -2.50. The average molecular weight is 437 g/mol. The maximum Gasteiger partial charge on any atom is 0.410 e. The summed E-state index contributed by atoms with van der Waals surface area (Å²) in [4.78, 5) is 28.2. The second kappa shape index (κ2) is 8.93. The zero-order chi connectivity index (χ0) is 22.9. The number of halogens is 1. The van der Waals surface area contributed by atoms with Crippen LogP contribution in [0.2, 0.25) is 0 Å². The fraction of sp³-hybridized carbons (Fsp3) is 0.652. The van der Waals surface area contributed by atoms with E-state index in [2.05, 4.69) is 11.8 Å². The second-order valence-electron chi connectivity index (χ2n) is 9.42. The van der Waals surface area contributed by atoms with Gasteiger partial charge in [-0.3, -0.25) is 0 Å². The van der Waals surface area contributed by atoms with E-state index in [1.54, 1.807) is 11.0 Å². The second-order valence-corrected chi connectivity index (χ2v) is 9.42. The van der Waals surface area contributed by atoms with Crippen LogP contribution < -0.4 is 9.64 Å². The number of carbonyl (C=O) groups is 2. The molecule has 2 atom stereocenters. The number of fused-ring (bicyclic) bond motifs is 1. The normalized spacial score (nSPS) is 20.5. The van der Waals surface area contributed by atoms with Gasteiger partial charge in [-0.1, -0.05) is 0 Å². The number of amides is 1. The summed E-state index contributed by atoms with van der Waals surface area (Å²) in [5, 5.41) is 0. The summed E-state index contributed by atoms with van der Waals surface area (Å²) in [5.74, 6) is -0.675. The quantitative estimate of drug-likeness (QED) is 0.661. The molecule has 0 aliphatic carbocycles. The maximum atomic E-state index is 14.7. The first-order valence-electron chi connectivity index (χ1n) is 10.8. The Morgan fingerprint density at radius 3 is 2.45 bits per heavy atom. The van der Waals surface area contributed by atoms with Crippen LogP contribution in [0.4, 0.5) is 14.9 Å². The lowest BCUT2D eigenvalue weighted by atomic mass is 9.88. The van der Waals surface area contributed by atoms with Crippen LogP contribution in [-0.4, -0.2) is 61.5 Å². The topological polar surface area (TPSA) is 68.3 Å². The van der Waals surface area contributed by atoms with E-state index in [-0.39, 0.29) is 29.6 Å². The molecule has 0 saturated carbocycles. The average Bonchev–Trinajstić information content (AvgIpc) is 2.71. The number of likely N-dealkylation sites (tertiary alicyclic amines) is 1. The third-order valence-electron chi connectivity index (χ3n) is 5.89. The number of esters is 1. The van der Waals surface area contributed by atoms with Crippen LogP contribution in [0, 0.1) is 11.7 Å². The van der Waals surface area contributed by atoms with E-state index in [0.29, 0.717) is 31.2 Å². The van der Waals surface area contributed by atoms with Crippen LogP contribution in [0.5, 0.6) is 5.75 Å². The number of carbonyl (C=O) groups excluding carboxylic acids is 2. The molecular weight excluding hydrogens is 403 g/mol. The van der Waals surface area contributed by atoms with Gasteiger partial charge in [0.25, 0.3) is 0 Å². The first-order chi connectivity index (χ1) is 14.5. The van der Waals surface area contributed by atoms with Crippen molar-refractivity contribution in [2.75, 3.05) is 31.6 Å². The van der Waals surface area contributed by atoms with E-state index in [4.69, 9.17) is 14.2 Å². The minimum Gasteiger partial charge on any atom is -0.484 e. The molecule has 0 aromatic heterocycles. The van der Waals surface area contributed by atoms with E-state index in [1.165, 1.54) is 7.11 Å². The predicted octanol–water partition coefficient (Wildman–Crippen LogP) is 4.24. The molecule has 0 N–H and O–H groups in total. The summed E-state index contributed by atoms with van der Waals surface area (Å²) in [6, 6.07) is 2.88. The Morgan fingerprint density at radius 2 is 1.87 bits per heavy atom. The molecular formula is C23H33FN2O5. The Bertz CT molecular complexity index is 830. The van der Waals surface area contributed by atoms with Gasteiger partial charge in [0.15, 0.2) is 11.6 Å². The molecule has 0 spiro atoms. The maximum absolute atomic E-state index is 14.7. The Kier molecular flexibility index (Phi) is 6.67. The first-order valence-corrected chi connectivity index (χ1v) is 10.8. The third-order valence-corrected chi connectivity index (χ3v) is 5.89. The van der Waals surface area contributed by atoms with Gasteiger partial charge < -0.3 is 24.0 Å². The van der Waals surface area contributed by atoms with Crippen molar-refractivity contribution in [3.63, 3.8) is 0 Å². The van der Waals surface area contributed by atoms with E-state index in [1.807, 2.05) is 27.7 Å². The van der Waals surface area contributed by atoms with E-state index >= 15 is 0 Å². The van der Waals surface area contributed by atoms with Crippen molar-refractivity contribution in [2.24, 2.45) is 5.92 Å². The molecule has 1 fully saturated rings. The van der Waals surface area contributed by atoms with Crippen molar-refractivity contribution >= 4 is 17.7 Å². The number of nitrogens with zero attached hydrogens (tertiary/aromatic N) is 2. The molecule has 3 rings (SSSR count). The summed E-state index contributed by atoms with van der Waals surface area (Å²) >= 11 is 0. The molecule has 1 aromatic rings. The summed E-state index contributed by atoms with van der Waals surface area (Å²) in [6.07, 6.45) is 1.17. The zero-order valence-corrected chi connectivity index (χ0v) is 19.2. The molecule has 2 aliphatic rings. The Labute approximate surface area is 183 Å². The van der Waals surface area contributed by atoms with Gasteiger partial charge in [0.1, 0.15) is 11.7 Å². The number of hydrogen-bond donors (Lipinski definition) is 0. The van der Waals surface area contributed by atoms with Crippen LogP contribution in [0.3, 0.4) is 0 Å². The number of anilines is 1. The molecule has 31 heavy (non-hydrogen) atoms. The van der Waals surface area contributed by atoms with Crippen molar-refractivity contribution in [3.05, 3.63) is 23.5 Å². The van der Waals surface area contributed by atoms with Crippen LogP contribution in [0.1, 0.15) is 57.8 Å². The van der Waals surface area contributed by atoms with Crippen molar-refractivity contribution in [3.8, 4) is 5.75 Å². The fourth-order valence-electron chi connectivity index (χ4n) is 4.29. The molecule has 1 saturated heterocycles. The molecule has 172 valence electrons. The molecule has 8 heteroatoms. The number of piperidine rings is 1. The van der Waals surface area contributed by atoms with E-state index in [0.717, 1.165) is 18.9 Å². The smallest absolute Gasteiger partial charge is 0.410 e. The molecule has 1 amide bonds. The lowest BCUT2D eigenvalue weighted by molar-refractivity contribution is 0.0174. The van der Waals surface area contributed by atoms with E-state index in [9.17, 15) is 14.0 Å². The van der Waals surface area contributed by atoms with Gasteiger partial charge in [-0.25, -0.2) is 14.0 Å². The molecule has 0 unspecified atom stereocenters. The number of methoxy groups -OCH3 is 1. The number of ether oxygens (including phenoxy) is 3.